The number of benzene rings is 8. The monoisotopic (exact) mass is 730 g/mol. The van der Waals surface area contributed by atoms with Gasteiger partial charge in [0.15, 0.2) is 28.8 Å². The molecule has 8 aromatic carbocycles. The van der Waals surface area contributed by atoms with Crippen LogP contribution in [0.4, 0.5) is 0 Å². The molecule has 1 aliphatic carbocycles. The van der Waals surface area contributed by atoms with E-state index in [2.05, 4.69) is 158 Å². The highest BCUT2D eigenvalue weighted by atomic mass is 16.6. The molecule has 4 heteroatoms. The SMILES string of the molecule is c1ccc(-c2ccc(-c3nc(-c4ccccc4)cc(-c4cccc5c4Oc4cc6c(cc4O5)-c4ccccc4C6(c4ccccc4)c4ccccc4)n3)cc2)cc1. The van der Waals surface area contributed by atoms with Crippen molar-refractivity contribution in [3.63, 3.8) is 0 Å². The maximum absolute atomic E-state index is 7.02. The van der Waals surface area contributed by atoms with Gasteiger partial charge in [0.05, 0.1) is 16.8 Å². The standard InChI is InChI=1S/C53H34N2O2/c1-5-16-35(17-6-1)36-28-30-38(31-29-36)52-54-46(37-18-7-2-8-19-37)34-47(55-52)42-25-15-27-48-51(42)57-50-33-45-43(32-49(50)56-48)41-24-13-14-26-44(41)53(45,39-20-9-3-10-21-39)40-22-11-4-12-23-40/h1-34H. The first-order chi connectivity index (χ1) is 28.2. The van der Waals surface area contributed by atoms with E-state index < -0.39 is 5.41 Å². The van der Waals surface area contributed by atoms with Gasteiger partial charge in [-0.1, -0.05) is 176 Å². The summed E-state index contributed by atoms with van der Waals surface area (Å²) >= 11 is 0. The molecule has 0 saturated heterocycles. The second-order valence-corrected chi connectivity index (χ2v) is 14.5. The van der Waals surface area contributed by atoms with Crippen molar-refractivity contribution < 1.29 is 9.47 Å². The van der Waals surface area contributed by atoms with Crippen LogP contribution in [0.1, 0.15) is 22.3 Å². The normalized spacial score (nSPS) is 13.0. The zero-order valence-corrected chi connectivity index (χ0v) is 30.8. The Balaban J connectivity index is 1.06. The molecule has 2 aliphatic rings. The molecule has 57 heavy (non-hydrogen) atoms. The van der Waals surface area contributed by atoms with Gasteiger partial charge in [-0.2, -0.15) is 0 Å². The number of hydrogen-bond donors (Lipinski definition) is 0. The molecule has 2 heterocycles. The van der Waals surface area contributed by atoms with E-state index in [1.807, 2.05) is 48.5 Å². The van der Waals surface area contributed by atoms with E-state index in [0.29, 0.717) is 28.8 Å². The van der Waals surface area contributed by atoms with Crippen LogP contribution in [0.15, 0.2) is 206 Å². The Morgan fingerprint density at radius 1 is 0.333 bits per heavy atom. The topological polar surface area (TPSA) is 44.2 Å². The van der Waals surface area contributed by atoms with Crippen LogP contribution in [0.3, 0.4) is 0 Å². The van der Waals surface area contributed by atoms with Gasteiger partial charge in [-0.15, -0.1) is 0 Å². The zero-order valence-electron chi connectivity index (χ0n) is 30.8. The van der Waals surface area contributed by atoms with Gasteiger partial charge in [0.2, 0.25) is 0 Å². The maximum atomic E-state index is 7.02. The van der Waals surface area contributed by atoms with Crippen LogP contribution in [-0.4, -0.2) is 9.97 Å². The van der Waals surface area contributed by atoms with Gasteiger partial charge in [-0.25, -0.2) is 9.97 Å². The number of aromatic nitrogens is 2. The fourth-order valence-electron chi connectivity index (χ4n) is 8.65. The molecule has 268 valence electrons. The van der Waals surface area contributed by atoms with Crippen molar-refractivity contribution in [2.45, 2.75) is 5.41 Å². The third kappa shape index (κ3) is 5.37. The van der Waals surface area contributed by atoms with Crippen molar-refractivity contribution in [2.75, 3.05) is 0 Å². The van der Waals surface area contributed by atoms with Gasteiger partial charge in [0.1, 0.15) is 0 Å². The molecule has 9 aromatic rings. The largest absolute Gasteiger partial charge is 0.449 e. The average molecular weight is 731 g/mol. The maximum Gasteiger partial charge on any atom is 0.179 e. The Bertz CT molecular complexity index is 2890. The third-order valence-electron chi connectivity index (χ3n) is 11.3. The zero-order chi connectivity index (χ0) is 37.8. The number of nitrogens with zero attached hydrogens (tertiary/aromatic N) is 2. The molecule has 0 fully saturated rings. The predicted molar refractivity (Wildman–Crippen MR) is 228 cm³/mol. The van der Waals surface area contributed by atoms with Crippen molar-refractivity contribution in [3.8, 4) is 79.2 Å². The van der Waals surface area contributed by atoms with Crippen LogP contribution in [0, 0.1) is 0 Å². The quantitative estimate of drug-likeness (QED) is 0.171. The molecule has 0 atom stereocenters. The van der Waals surface area contributed by atoms with E-state index in [9.17, 15) is 0 Å². The summed E-state index contributed by atoms with van der Waals surface area (Å²) in [5, 5.41) is 0. The Morgan fingerprint density at radius 3 is 1.58 bits per heavy atom. The van der Waals surface area contributed by atoms with Crippen molar-refractivity contribution in [1.82, 2.24) is 9.97 Å². The number of ether oxygens (including phenoxy) is 2. The van der Waals surface area contributed by atoms with Gasteiger partial charge < -0.3 is 9.47 Å². The molecule has 0 unspecified atom stereocenters. The first-order valence-corrected chi connectivity index (χ1v) is 19.2. The van der Waals surface area contributed by atoms with Crippen LogP contribution in [-0.2, 0) is 5.41 Å². The molecule has 4 nitrogen and oxygen atoms in total. The summed E-state index contributed by atoms with van der Waals surface area (Å²) in [6.07, 6.45) is 0. The Kier molecular flexibility index (Phi) is 7.68. The van der Waals surface area contributed by atoms with E-state index in [0.717, 1.165) is 50.3 Å². The summed E-state index contributed by atoms with van der Waals surface area (Å²) in [5.41, 5.74) is 13.1. The van der Waals surface area contributed by atoms with E-state index in [1.54, 1.807) is 0 Å². The first-order valence-electron chi connectivity index (χ1n) is 19.2. The second kappa shape index (κ2) is 13.3. The summed E-state index contributed by atoms with van der Waals surface area (Å²) in [6.45, 7) is 0. The fourth-order valence-corrected chi connectivity index (χ4v) is 8.65. The van der Waals surface area contributed by atoms with Crippen LogP contribution < -0.4 is 9.47 Å². The molecule has 0 bridgehead atoms. The van der Waals surface area contributed by atoms with Gasteiger partial charge in [0.25, 0.3) is 0 Å². The summed E-state index contributed by atoms with van der Waals surface area (Å²) in [6, 6.07) is 71.8. The highest BCUT2D eigenvalue weighted by Gasteiger charge is 2.47. The second-order valence-electron chi connectivity index (χ2n) is 14.5. The molecule has 11 rings (SSSR count). The number of rotatable bonds is 6. The minimum Gasteiger partial charge on any atom is -0.449 e. The lowest BCUT2D eigenvalue weighted by Crippen LogP contribution is -2.28. The van der Waals surface area contributed by atoms with Crippen molar-refractivity contribution in [3.05, 3.63) is 229 Å². The van der Waals surface area contributed by atoms with Crippen molar-refractivity contribution in [1.29, 1.82) is 0 Å². The minimum atomic E-state index is -0.561. The molecule has 1 aromatic heterocycles. The number of para-hydroxylation sites is 1. The highest BCUT2D eigenvalue weighted by Crippen LogP contribution is 2.60. The Hall–Kier alpha value is -7.56. The molecule has 0 saturated carbocycles. The van der Waals surface area contributed by atoms with Gasteiger partial charge in [0, 0.05) is 16.7 Å². The Labute approximate surface area is 331 Å². The lowest BCUT2D eigenvalue weighted by Gasteiger charge is -2.34. The lowest BCUT2D eigenvalue weighted by molar-refractivity contribution is 0.360. The summed E-state index contributed by atoms with van der Waals surface area (Å²) in [5.74, 6) is 3.22. The lowest BCUT2D eigenvalue weighted by atomic mass is 9.67. The molecule has 0 N–H and O–H groups in total. The fraction of sp³-hybridized carbons (Fsp3) is 0.0189. The molecular formula is C53H34N2O2. The van der Waals surface area contributed by atoms with E-state index in [4.69, 9.17) is 19.4 Å². The van der Waals surface area contributed by atoms with Gasteiger partial charge in [-0.05, 0) is 74.8 Å². The third-order valence-corrected chi connectivity index (χ3v) is 11.3. The van der Waals surface area contributed by atoms with Gasteiger partial charge in [-0.3, -0.25) is 0 Å². The average Bonchev–Trinajstić information content (AvgIpc) is 3.58. The van der Waals surface area contributed by atoms with E-state index in [-0.39, 0.29) is 0 Å². The van der Waals surface area contributed by atoms with Crippen molar-refractivity contribution in [2.24, 2.45) is 0 Å². The van der Waals surface area contributed by atoms with Crippen LogP contribution in [0.2, 0.25) is 0 Å². The first kappa shape index (κ1) is 32.8. The molecule has 0 radical (unpaired) electrons. The molecule has 0 amide bonds. The van der Waals surface area contributed by atoms with E-state index >= 15 is 0 Å². The minimum absolute atomic E-state index is 0.561. The smallest absolute Gasteiger partial charge is 0.179 e. The molecule has 1 aliphatic heterocycles. The van der Waals surface area contributed by atoms with Gasteiger partial charge >= 0.3 is 0 Å². The van der Waals surface area contributed by atoms with Crippen LogP contribution in [0.5, 0.6) is 23.0 Å². The summed E-state index contributed by atoms with van der Waals surface area (Å²) < 4.78 is 13.8. The predicted octanol–water partition coefficient (Wildman–Crippen LogP) is 13.4. The Morgan fingerprint density at radius 2 is 0.877 bits per heavy atom. The molecular weight excluding hydrogens is 697 g/mol. The van der Waals surface area contributed by atoms with Crippen molar-refractivity contribution >= 4 is 0 Å². The summed E-state index contributed by atoms with van der Waals surface area (Å²) in [7, 11) is 0. The van der Waals surface area contributed by atoms with E-state index in [1.165, 1.54) is 22.3 Å². The van der Waals surface area contributed by atoms with Crippen LogP contribution in [0.25, 0.3) is 56.2 Å². The molecule has 0 spiro atoms. The highest BCUT2D eigenvalue weighted by molar-refractivity contribution is 5.89. The number of hydrogen-bond acceptors (Lipinski definition) is 4. The summed E-state index contributed by atoms with van der Waals surface area (Å²) in [4.78, 5) is 10.3. The number of fused-ring (bicyclic) bond motifs is 5. The van der Waals surface area contributed by atoms with Crippen LogP contribution >= 0.6 is 0 Å².